The van der Waals surface area contributed by atoms with Crippen molar-refractivity contribution in [2.24, 2.45) is 0 Å². The number of hydrogen-bond acceptors (Lipinski definition) is 3. The second-order valence-corrected chi connectivity index (χ2v) is 5.07. The summed E-state index contributed by atoms with van der Waals surface area (Å²) in [6, 6.07) is 17.4. The molecule has 110 valence electrons. The van der Waals surface area contributed by atoms with Gasteiger partial charge in [0.05, 0.1) is 12.6 Å². The molecule has 2 aromatic carbocycles. The molecule has 1 atom stereocenters. The SMILES string of the molecule is CCC(=O)c1ccc(NC(CO)Cc2ccccc2)cc1. The highest BCUT2D eigenvalue weighted by Crippen LogP contribution is 2.14. The van der Waals surface area contributed by atoms with E-state index in [9.17, 15) is 9.90 Å². The average molecular weight is 283 g/mol. The van der Waals surface area contributed by atoms with Crippen LogP contribution in [0, 0.1) is 0 Å². The molecule has 0 amide bonds. The van der Waals surface area contributed by atoms with Crippen LogP contribution in [0.25, 0.3) is 0 Å². The molecule has 3 nitrogen and oxygen atoms in total. The van der Waals surface area contributed by atoms with Gasteiger partial charge in [-0.2, -0.15) is 0 Å². The second kappa shape index (κ2) is 7.60. The summed E-state index contributed by atoms with van der Waals surface area (Å²) < 4.78 is 0. The zero-order valence-electron chi connectivity index (χ0n) is 12.3. The molecule has 2 rings (SSSR count). The molecule has 0 aliphatic heterocycles. The number of nitrogens with one attached hydrogen (secondary N) is 1. The third-order valence-corrected chi connectivity index (χ3v) is 3.44. The molecule has 3 heteroatoms. The van der Waals surface area contributed by atoms with Crippen molar-refractivity contribution in [2.45, 2.75) is 25.8 Å². The van der Waals surface area contributed by atoms with Gasteiger partial charge in [-0.15, -0.1) is 0 Å². The summed E-state index contributed by atoms with van der Waals surface area (Å²) in [6.45, 7) is 1.92. The highest BCUT2D eigenvalue weighted by molar-refractivity contribution is 5.96. The molecule has 0 aliphatic rings. The fraction of sp³-hybridized carbons (Fsp3) is 0.278. The fourth-order valence-corrected chi connectivity index (χ4v) is 2.25. The Labute approximate surface area is 125 Å². The molecule has 0 saturated carbocycles. The smallest absolute Gasteiger partial charge is 0.162 e. The molecular weight excluding hydrogens is 262 g/mol. The lowest BCUT2D eigenvalue weighted by Crippen LogP contribution is -2.26. The maximum atomic E-state index is 11.6. The van der Waals surface area contributed by atoms with Gasteiger partial charge in [-0.1, -0.05) is 37.3 Å². The van der Waals surface area contributed by atoms with E-state index in [1.807, 2.05) is 61.5 Å². The lowest BCUT2D eigenvalue weighted by molar-refractivity contribution is 0.0988. The first-order valence-electron chi connectivity index (χ1n) is 7.27. The van der Waals surface area contributed by atoms with E-state index in [1.165, 1.54) is 5.56 Å². The molecule has 21 heavy (non-hydrogen) atoms. The molecule has 0 saturated heterocycles. The Morgan fingerprint density at radius 1 is 1.10 bits per heavy atom. The van der Waals surface area contributed by atoms with E-state index in [1.54, 1.807) is 0 Å². The van der Waals surface area contributed by atoms with Gasteiger partial charge in [0.15, 0.2) is 5.78 Å². The standard InChI is InChI=1S/C18H21NO2/c1-2-18(21)15-8-10-16(11-9-15)19-17(13-20)12-14-6-4-3-5-7-14/h3-11,17,19-20H,2,12-13H2,1H3. The van der Waals surface area contributed by atoms with Crippen molar-refractivity contribution in [3.05, 3.63) is 65.7 Å². The van der Waals surface area contributed by atoms with E-state index in [0.717, 1.165) is 17.7 Å². The Hall–Kier alpha value is -2.13. The molecule has 0 bridgehead atoms. The normalized spacial score (nSPS) is 11.9. The van der Waals surface area contributed by atoms with Crippen molar-refractivity contribution in [3.63, 3.8) is 0 Å². The quantitative estimate of drug-likeness (QED) is 0.767. The predicted octanol–water partition coefficient (Wildman–Crippen LogP) is 3.29. The van der Waals surface area contributed by atoms with Gasteiger partial charge in [-0.3, -0.25) is 4.79 Å². The molecule has 2 N–H and O–H groups in total. The Kier molecular flexibility index (Phi) is 5.52. The molecule has 0 radical (unpaired) electrons. The van der Waals surface area contributed by atoms with E-state index in [0.29, 0.717) is 6.42 Å². The first kappa shape index (κ1) is 15.3. The van der Waals surface area contributed by atoms with Gasteiger partial charge in [0.2, 0.25) is 0 Å². The summed E-state index contributed by atoms with van der Waals surface area (Å²) in [5.74, 6) is 0.143. The number of hydrogen-bond donors (Lipinski definition) is 2. The van der Waals surface area contributed by atoms with Gasteiger partial charge < -0.3 is 10.4 Å². The zero-order valence-corrected chi connectivity index (χ0v) is 12.3. The van der Waals surface area contributed by atoms with Crippen molar-refractivity contribution in [2.75, 3.05) is 11.9 Å². The molecular formula is C18H21NO2. The number of ketones is 1. The van der Waals surface area contributed by atoms with Crippen LogP contribution >= 0.6 is 0 Å². The number of carbonyl (C=O) groups excluding carboxylic acids is 1. The number of aliphatic hydroxyl groups excluding tert-OH is 1. The van der Waals surface area contributed by atoms with Crippen LogP contribution < -0.4 is 5.32 Å². The van der Waals surface area contributed by atoms with Crippen molar-refractivity contribution >= 4 is 11.5 Å². The lowest BCUT2D eigenvalue weighted by Gasteiger charge is -2.18. The molecule has 0 aromatic heterocycles. The van der Waals surface area contributed by atoms with Gasteiger partial charge in [0, 0.05) is 17.7 Å². The van der Waals surface area contributed by atoms with Crippen LogP contribution in [0.4, 0.5) is 5.69 Å². The van der Waals surface area contributed by atoms with Crippen LogP contribution in [-0.4, -0.2) is 23.5 Å². The number of Topliss-reactive ketones (excluding diaryl/α,β-unsaturated/α-hetero) is 1. The summed E-state index contributed by atoms with van der Waals surface area (Å²) in [5, 5.41) is 12.8. The van der Waals surface area contributed by atoms with E-state index in [4.69, 9.17) is 0 Å². The van der Waals surface area contributed by atoms with Crippen LogP contribution in [0.5, 0.6) is 0 Å². The first-order valence-corrected chi connectivity index (χ1v) is 7.27. The third-order valence-electron chi connectivity index (χ3n) is 3.44. The minimum atomic E-state index is -0.0415. The average Bonchev–Trinajstić information content (AvgIpc) is 2.55. The summed E-state index contributed by atoms with van der Waals surface area (Å²) in [7, 11) is 0. The van der Waals surface area contributed by atoms with E-state index in [-0.39, 0.29) is 18.4 Å². The number of aliphatic hydroxyl groups is 1. The van der Waals surface area contributed by atoms with Gasteiger partial charge in [-0.25, -0.2) is 0 Å². The molecule has 0 spiro atoms. The minimum Gasteiger partial charge on any atom is -0.394 e. The number of benzene rings is 2. The zero-order chi connectivity index (χ0) is 15.1. The molecule has 2 aromatic rings. The predicted molar refractivity (Wildman–Crippen MR) is 85.7 cm³/mol. The monoisotopic (exact) mass is 283 g/mol. The Morgan fingerprint density at radius 2 is 1.76 bits per heavy atom. The van der Waals surface area contributed by atoms with Crippen LogP contribution in [0.15, 0.2) is 54.6 Å². The van der Waals surface area contributed by atoms with Crippen molar-refractivity contribution in [1.82, 2.24) is 0 Å². The second-order valence-electron chi connectivity index (χ2n) is 5.07. The van der Waals surface area contributed by atoms with Crippen LogP contribution in [0.2, 0.25) is 0 Å². The van der Waals surface area contributed by atoms with E-state index in [2.05, 4.69) is 5.32 Å². The molecule has 0 aliphatic carbocycles. The maximum absolute atomic E-state index is 11.6. The van der Waals surface area contributed by atoms with Crippen molar-refractivity contribution in [1.29, 1.82) is 0 Å². The van der Waals surface area contributed by atoms with E-state index < -0.39 is 0 Å². The largest absolute Gasteiger partial charge is 0.394 e. The molecule has 0 heterocycles. The summed E-state index contributed by atoms with van der Waals surface area (Å²) in [4.78, 5) is 11.6. The van der Waals surface area contributed by atoms with Gasteiger partial charge >= 0.3 is 0 Å². The van der Waals surface area contributed by atoms with Crippen LogP contribution in [-0.2, 0) is 6.42 Å². The van der Waals surface area contributed by atoms with Crippen molar-refractivity contribution in [3.8, 4) is 0 Å². The van der Waals surface area contributed by atoms with Gasteiger partial charge in [-0.05, 0) is 36.2 Å². The fourth-order valence-electron chi connectivity index (χ4n) is 2.25. The van der Waals surface area contributed by atoms with Crippen LogP contribution in [0.3, 0.4) is 0 Å². The molecule has 0 fully saturated rings. The number of rotatable bonds is 7. The highest BCUT2D eigenvalue weighted by atomic mass is 16.3. The third kappa shape index (κ3) is 4.43. The van der Waals surface area contributed by atoms with E-state index >= 15 is 0 Å². The number of carbonyl (C=O) groups is 1. The highest BCUT2D eigenvalue weighted by Gasteiger charge is 2.09. The summed E-state index contributed by atoms with van der Waals surface area (Å²) in [6.07, 6.45) is 1.27. The Morgan fingerprint density at radius 3 is 2.33 bits per heavy atom. The minimum absolute atomic E-state index is 0.0415. The maximum Gasteiger partial charge on any atom is 0.162 e. The van der Waals surface area contributed by atoms with Crippen molar-refractivity contribution < 1.29 is 9.90 Å². The molecule has 1 unspecified atom stereocenters. The Bertz CT molecular complexity index is 564. The van der Waals surface area contributed by atoms with Gasteiger partial charge in [0.25, 0.3) is 0 Å². The Balaban J connectivity index is 2.00. The lowest BCUT2D eigenvalue weighted by atomic mass is 10.1. The first-order chi connectivity index (χ1) is 10.2. The topological polar surface area (TPSA) is 49.3 Å². The summed E-state index contributed by atoms with van der Waals surface area (Å²) in [5.41, 5.74) is 2.83. The summed E-state index contributed by atoms with van der Waals surface area (Å²) >= 11 is 0. The number of anilines is 1. The van der Waals surface area contributed by atoms with Gasteiger partial charge in [0.1, 0.15) is 0 Å². The van der Waals surface area contributed by atoms with Crippen LogP contribution in [0.1, 0.15) is 29.3 Å².